The molecule has 0 aliphatic carbocycles. The van der Waals surface area contributed by atoms with Gasteiger partial charge < -0.3 is 14.7 Å². The van der Waals surface area contributed by atoms with E-state index in [4.69, 9.17) is 4.74 Å². The van der Waals surface area contributed by atoms with Gasteiger partial charge in [-0.2, -0.15) is 18.3 Å². The lowest BCUT2D eigenvalue weighted by molar-refractivity contribution is -0.144. The van der Waals surface area contributed by atoms with Gasteiger partial charge in [0.25, 0.3) is 5.91 Å². The Hall–Kier alpha value is -3.98. The molecule has 1 saturated heterocycles. The van der Waals surface area contributed by atoms with Crippen LogP contribution in [0.2, 0.25) is 0 Å². The minimum absolute atomic E-state index is 0.0168. The predicted octanol–water partition coefficient (Wildman–Crippen LogP) is 1.96. The molecule has 1 aromatic carbocycles. The molecular formula is C22H18F3N5O4. The van der Waals surface area contributed by atoms with Crippen LogP contribution in [-0.2, 0) is 15.7 Å². The number of likely N-dealkylation sites (tertiary alicyclic amines) is 1. The molecule has 1 atom stereocenters. The van der Waals surface area contributed by atoms with Crippen molar-refractivity contribution in [2.45, 2.75) is 25.1 Å². The van der Waals surface area contributed by atoms with Gasteiger partial charge in [-0.3, -0.25) is 4.79 Å². The second kappa shape index (κ2) is 8.42. The number of likely N-dealkylation sites (N-methyl/N-ethyl adjacent to an activating group) is 1. The van der Waals surface area contributed by atoms with E-state index in [1.165, 1.54) is 17.0 Å². The second-order valence-electron chi connectivity index (χ2n) is 7.55. The largest absolute Gasteiger partial charge is 0.461 e. The summed E-state index contributed by atoms with van der Waals surface area (Å²) in [5, 5.41) is 14.6. The van der Waals surface area contributed by atoms with Gasteiger partial charge in [-0.25, -0.2) is 19.4 Å². The van der Waals surface area contributed by atoms with Gasteiger partial charge in [-0.15, -0.1) is 0 Å². The Bertz CT molecular complexity index is 1360. The summed E-state index contributed by atoms with van der Waals surface area (Å²) in [6, 6.07) is 6.17. The average Bonchev–Trinajstić information content (AvgIpc) is 3.31. The van der Waals surface area contributed by atoms with Crippen LogP contribution < -0.4 is 0 Å². The van der Waals surface area contributed by atoms with Crippen molar-refractivity contribution < 1.29 is 32.6 Å². The highest BCUT2D eigenvalue weighted by atomic mass is 19.4. The number of hydrogen-bond donors (Lipinski definition) is 1. The van der Waals surface area contributed by atoms with Crippen molar-refractivity contribution in [2.75, 3.05) is 20.2 Å². The number of aromatic nitrogens is 4. The van der Waals surface area contributed by atoms with Crippen LogP contribution in [0.15, 0.2) is 30.5 Å². The molecule has 9 nitrogen and oxygen atoms in total. The first-order valence-corrected chi connectivity index (χ1v) is 10.1. The number of hydrogen-bond acceptors (Lipinski definition) is 7. The zero-order valence-corrected chi connectivity index (χ0v) is 18.0. The number of rotatable bonds is 3. The molecule has 0 saturated carbocycles. The molecule has 1 aliphatic heterocycles. The first-order valence-electron chi connectivity index (χ1n) is 10.1. The van der Waals surface area contributed by atoms with Crippen LogP contribution >= 0.6 is 0 Å². The maximum atomic E-state index is 13.2. The van der Waals surface area contributed by atoms with E-state index >= 15 is 0 Å². The lowest BCUT2D eigenvalue weighted by atomic mass is 10.0. The molecule has 1 N–H and O–H groups in total. The molecule has 176 valence electrons. The Morgan fingerprint density at radius 3 is 2.76 bits per heavy atom. The molecule has 34 heavy (non-hydrogen) atoms. The van der Waals surface area contributed by atoms with Gasteiger partial charge in [-0.05, 0) is 25.1 Å². The zero-order valence-electron chi connectivity index (χ0n) is 18.0. The summed E-state index contributed by atoms with van der Waals surface area (Å²) in [5.74, 6) is 2.57. The number of amides is 1. The Labute approximate surface area is 191 Å². The normalized spacial score (nSPS) is 18.2. The van der Waals surface area contributed by atoms with Crippen LogP contribution in [0.1, 0.15) is 35.2 Å². The topological polar surface area (TPSA) is 110 Å². The number of alkyl halides is 3. The molecule has 3 aromatic rings. The third-order valence-electron chi connectivity index (χ3n) is 5.16. The van der Waals surface area contributed by atoms with E-state index in [2.05, 4.69) is 26.9 Å². The Kier molecular flexibility index (Phi) is 5.74. The van der Waals surface area contributed by atoms with Gasteiger partial charge in [0.05, 0.1) is 17.7 Å². The molecule has 3 heterocycles. The summed E-state index contributed by atoms with van der Waals surface area (Å²) in [6.45, 7) is 1.98. The minimum Gasteiger partial charge on any atom is -0.461 e. The Balaban J connectivity index is 1.82. The second-order valence-corrected chi connectivity index (χ2v) is 7.55. The number of carbonyl (C=O) groups is 2. The maximum absolute atomic E-state index is 13.2. The number of ether oxygens (including phenoxy) is 1. The van der Waals surface area contributed by atoms with E-state index in [9.17, 15) is 27.9 Å². The van der Waals surface area contributed by atoms with E-state index in [1.807, 2.05) is 0 Å². The van der Waals surface area contributed by atoms with Crippen LogP contribution in [0.4, 0.5) is 13.2 Å². The SMILES string of the molecule is CCOC(=O)c1nn(-c2cccc(C#CC3(O)CCN(C)C3=O)c2)c2nc(C(F)(F)F)ncc12. The molecule has 1 fully saturated rings. The lowest BCUT2D eigenvalue weighted by Crippen LogP contribution is -2.37. The van der Waals surface area contributed by atoms with E-state index in [0.29, 0.717) is 12.1 Å². The third kappa shape index (κ3) is 4.17. The van der Waals surface area contributed by atoms with Crippen LogP contribution in [0.25, 0.3) is 16.7 Å². The number of nitrogens with zero attached hydrogens (tertiary/aromatic N) is 5. The molecule has 4 rings (SSSR count). The minimum atomic E-state index is -4.81. The highest BCUT2D eigenvalue weighted by molar-refractivity contribution is 6.01. The summed E-state index contributed by atoms with van der Waals surface area (Å²) >= 11 is 0. The van der Waals surface area contributed by atoms with Gasteiger partial charge in [-0.1, -0.05) is 17.9 Å². The first kappa shape index (κ1) is 23.2. The lowest BCUT2D eigenvalue weighted by Gasteiger charge is -2.13. The van der Waals surface area contributed by atoms with E-state index in [-0.39, 0.29) is 35.4 Å². The predicted molar refractivity (Wildman–Crippen MR) is 112 cm³/mol. The summed E-state index contributed by atoms with van der Waals surface area (Å²) < 4.78 is 45.7. The molecule has 0 bridgehead atoms. The number of aliphatic hydroxyl groups is 1. The van der Waals surface area contributed by atoms with Crippen molar-refractivity contribution in [1.82, 2.24) is 24.6 Å². The molecule has 1 amide bonds. The van der Waals surface area contributed by atoms with Crippen LogP contribution in [-0.4, -0.2) is 67.4 Å². The van der Waals surface area contributed by atoms with Crippen molar-refractivity contribution in [3.05, 3.63) is 47.5 Å². The van der Waals surface area contributed by atoms with Gasteiger partial charge in [0.2, 0.25) is 11.4 Å². The van der Waals surface area contributed by atoms with E-state index < -0.39 is 29.5 Å². The van der Waals surface area contributed by atoms with Crippen molar-refractivity contribution in [3.8, 4) is 17.5 Å². The number of esters is 1. The molecule has 2 aromatic heterocycles. The fourth-order valence-corrected chi connectivity index (χ4v) is 3.43. The van der Waals surface area contributed by atoms with Crippen LogP contribution in [0, 0.1) is 11.8 Å². The van der Waals surface area contributed by atoms with Gasteiger partial charge in [0.15, 0.2) is 11.3 Å². The van der Waals surface area contributed by atoms with Crippen LogP contribution in [0.3, 0.4) is 0 Å². The van der Waals surface area contributed by atoms with Crippen LogP contribution in [0.5, 0.6) is 0 Å². The third-order valence-corrected chi connectivity index (χ3v) is 5.16. The number of benzene rings is 1. The van der Waals surface area contributed by atoms with Gasteiger partial charge in [0, 0.05) is 31.8 Å². The molecule has 1 aliphatic rings. The Morgan fingerprint density at radius 1 is 1.35 bits per heavy atom. The zero-order chi connectivity index (χ0) is 24.7. The smallest absolute Gasteiger partial charge is 0.451 e. The Morgan fingerprint density at radius 2 is 2.12 bits per heavy atom. The fourth-order valence-electron chi connectivity index (χ4n) is 3.43. The summed E-state index contributed by atoms with van der Waals surface area (Å²) in [6.07, 6.45) is -3.78. The van der Waals surface area contributed by atoms with E-state index in [0.717, 1.165) is 10.9 Å². The number of fused-ring (bicyclic) bond motifs is 1. The standard InChI is InChI=1S/C22H18F3N5O4/c1-3-34-18(31)16-15-12-26-19(22(23,24)25)27-17(15)30(28-16)14-6-4-5-13(11-14)7-8-21(33)9-10-29(2)20(21)32/h4-6,11-12,33H,3,9-10H2,1-2H3. The highest BCUT2D eigenvalue weighted by Crippen LogP contribution is 2.29. The summed E-state index contributed by atoms with van der Waals surface area (Å²) in [7, 11) is 1.56. The molecule has 0 radical (unpaired) electrons. The van der Waals surface area contributed by atoms with Crippen molar-refractivity contribution >= 4 is 22.9 Å². The quantitative estimate of drug-likeness (QED) is 0.457. The van der Waals surface area contributed by atoms with E-state index in [1.54, 1.807) is 26.1 Å². The molecule has 1 unspecified atom stereocenters. The monoisotopic (exact) mass is 473 g/mol. The molecular weight excluding hydrogens is 455 g/mol. The van der Waals surface area contributed by atoms with Gasteiger partial charge >= 0.3 is 12.1 Å². The first-order chi connectivity index (χ1) is 16.0. The molecule has 0 spiro atoms. The summed E-state index contributed by atoms with van der Waals surface area (Å²) in [5.41, 5.74) is -1.69. The summed E-state index contributed by atoms with van der Waals surface area (Å²) in [4.78, 5) is 32.7. The number of carbonyl (C=O) groups excluding carboxylic acids is 2. The fraction of sp³-hybridized carbons (Fsp3) is 0.318. The highest BCUT2D eigenvalue weighted by Gasteiger charge is 2.42. The average molecular weight is 473 g/mol. The van der Waals surface area contributed by atoms with Gasteiger partial charge in [0.1, 0.15) is 0 Å². The maximum Gasteiger partial charge on any atom is 0.451 e. The van der Waals surface area contributed by atoms with Crippen molar-refractivity contribution in [2.24, 2.45) is 0 Å². The van der Waals surface area contributed by atoms with Crippen molar-refractivity contribution in [1.29, 1.82) is 0 Å². The van der Waals surface area contributed by atoms with Crippen molar-refractivity contribution in [3.63, 3.8) is 0 Å². The number of halogens is 3. The molecule has 12 heteroatoms.